The highest BCUT2D eigenvalue weighted by atomic mass is 14.7. The van der Waals surface area contributed by atoms with Gasteiger partial charge in [0, 0.05) is 16.6 Å². The number of aryl methyl sites for hydroxylation is 1. The summed E-state index contributed by atoms with van der Waals surface area (Å²) < 4.78 is 0. The van der Waals surface area contributed by atoms with E-state index in [2.05, 4.69) is 47.4 Å². The van der Waals surface area contributed by atoms with Crippen LogP contribution in [0.4, 0.5) is 0 Å². The average Bonchev–Trinajstić information content (AvgIpc) is 2.39. The average molecular weight is 219 g/mol. The maximum absolute atomic E-state index is 4.67. The first-order valence-corrected chi connectivity index (χ1v) is 5.76. The Morgan fingerprint density at radius 2 is 1.53 bits per heavy atom. The molecule has 82 valence electrons. The number of rotatable bonds is 1. The fourth-order valence-corrected chi connectivity index (χ4v) is 2.15. The lowest BCUT2D eigenvalue weighted by Crippen LogP contribution is -1.89. The molecule has 0 spiro atoms. The molecule has 1 nitrogen and oxygen atoms in total. The normalized spacial score (nSPS) is 10.6. The largest absolute Gasteiger partial charge is 0.252 e. The maximum atomic E-state index is 4.67. The lowest BCUT2D eigenvalue weighted by atomic mass is 10.0. The Hall–Kier alpha value is -2.15. The van der Waals surface area contributed by atoms with E-state index in [1.807, 2.05) is 25.1 Å². The van der Waals surface area contributed by atoms with Gasteiger partial charge in [-0.05, 0) is 18.4 Å². The van der Waals surface area contributed by atoms with Gasteiger partial charge in [-0.2, -0.15) is 0 Å². The van der Waals surface area contributed by atoms with Crippen molar-refractivity contribution in [2.75, 3.05) is 0 Å². The van der Waals surface area contributed by atoms with E-state index in [9.17, 15) is 0 Å². The summed E-state index contributed by atoms with van der Waals surface area (Å²) in [5.74, 6) is 0. The van der Waals surface area contributed by atoms with Gasteiger partial charge in [-0.3, -0.25) is 4.98 Å². The summed E-state index contributed by atoms with van der Waals surface area (Å²) in [6, 6.07) is 20.9. The number of nitrogens with zero attached hydrogens (tertiary/aromatic N) is 1. The predicted octanol–water partition coefficient (Wildman–Crippen LogP) is 4.21. The smallest absolute Gasteiger partial charge is 0.0783 e. The maximum Gasteiger partial charge on any atom is 0.0783 e. The molecule has 0 amide bonds. The van der Waals surface area contributed by atoms with Crippen molar-refractivity contribution in [3.8, 4) is 11.3 Å². The molecule has 0 unspecified atom stereocenters. The van der Waals surface area contributed by atoms with Crippen LogP contribution in [-0.4, -0.2) is 4.98 Å². The summed E-state index contributed by atoms with van der Waals surface area (Å²) in [4.78, 5) is 4.67. The van der Waals surface area contributed by atoms with Gasteiger partial charge in [0.1, 0.15) is 0 Å². The van der Waals surface area contributed by atoms with Crippen LogP contribution in [0.1, 0.15) is 5.69 Å². The molecule has 0 saturated heterocycles. The fraction of sp³-hybridized carbons (Fsp3) is 0.0625. The number of hydrogen-bond donors (Lipinski definition) is 0. The molecule has 0 bridgehead atoms. The van der Waals surface area contributed by atoms with Crippen LogP contribution in [0.15, 0.2) is 60.7 Å². The van der Waals surface area contributed by atoms with Gasteiger partial charge in [-0.1, -0.05) is 54.6 Å². The van der Waals surface area contributed by atoms with Crippen LogP contribution in [0.3, 0.4) is 0 Å². The second kappa shape index (κ2) is 4.02. The van der Waals surface area contributed by atoms with Crippen molar-refractivity contribution in [1.82, 2.24) is 4.98 Å². The second-order valence-electron chi connectivity index (χ2n) is 4.20. The zero-order chi connectivity index (χ0) is 11.7. The zero-order valence-corrected chi connectivity index (χ0v) is 9.72. The summed E-state index contributed by atoms with van der Waals surface area (Å²) in [5, 5.41) is 2.46. The Labute approximate surface area is 101 Å². The molecule has 0 aliphatic heterocycles. The van der Waals surface area contributed by atoms with Crippen molar-refractivity contribution >= 4 is 10.8 Å². The Morgan fingerprint density at radius 3 is 2.35 bits per heavy atom. The van der Waals surface area contributed by atoms with Crippen LogP contribution >= 0.6 is 0 Å². The summed E-state index contributed by atoms with van der Waals surface area (Å²) in [6.45, 7) is 2.04. The summed E-state index contributed by atoms with van der Waals surface area (Å²) in [5.41, 5.74) is 3.30. The number of benzene rings is 2. The monoisotopic (exact) mass is 219 g/mol. The Kier molecular flexibility index (Phi) is 2.37. The second-order valence-corrected chi connectivity index (χ2v) is 4.20. The van der Waals surface area contributed by atoms with Gasteiger partial charge < -0.3 is 0 Å². The number of hydrogen-bond acceptors (Lipinski definition) is 1. The molecule has 3 aromatic rings. The molecule has 0 atom stereocenters. The molecular formula is C16H13N. The van der Waals surface area contributed by atoms with Crippen LogP contribution in [0.5, 0.6) is 0 Å². The van der Waals surface area contributed by atoms with Crippen LogP contribution in [-0.2, 0) is 0 Å². The molecule has 0 aliphatic rings. The lowest BCUT2D eigenvalue weighted by molar-refractivity contribution is 1.23. The number of pyridine rings is 1. The minimum absolute atomic E-state index is 1.06. The van der Waals surface area contributed by atoms with Crippen LogP contribution in [0.25, 0.3) is 22.0 Å². The van der Waals surface area contributed by atoms with E-state index >= 15 is 0 Å². The Balaban J connectivity index is 2.36. The van der Waals surface area contributed by atoms with Gasteiger partial charge in [-0.25, -0.2) is 0 Å². The summed E-state index contributed by atoms with van der Waals surface area (Å²) in [6.07, 6.45) is 0. The first-order chi connectivity index (χ1) is 8.34. The molecule has 0 fully saturated rings. The summed E-state index contributed by atoms with van der Waals surface area (Å²) in [7, 11) is 0. The molecular weight excluding hydrogens is 206 g/mol. The van der Waals surface area contributed by atoms with Crippen LogP contribution in [0.2, 0.25) is 0 Å². The zero-order valence-electron chi connectivity index (χ0n) is 9.72. The van der Waals surface area contributed by atoms with E-state index in [1.165, 1.54) is 16.3 Å². The van der Waals surface area contributed by atoms with Gasteiger partial charge in [0.2, 0.25) is 0 Å². The van der Waals surface area contributed by atoms with Gasteiger partial charge >= 0.3 is 0 Å². The van der Waals surface area contributed by atoms with E-state index < -0.39 is 0 Å². The number of fused-ring (bicyclic) bond motifs is 1. The van der Waals surface area contributed by atoms with Crippen molar-refractivity contribution in [1.29, 1.82) is 0 Å². The molecule has 0 aliphatic carbocycles. The molecule has 1 aromatic heterocycles. The van der Waals surface area contributed by atoms with Crippen LogP contribution < -0.4 is 0 Å². The standard InChI is InChI=1S/C16H13N/c1-12-11-14-9-5-6-10-15(14)16(17-12)13-7-3-2-4-8-13/h2-11H,1H3. The van der Waals surface area contributed by atoms with E-state index in [-0.39, 0.29) is 0 Å². The van der Waals surface area contributed by atoms with Gasteiger partial charge in [-0.15, -0.1) is 0 Å². The fourth-order valence-electron chi connectivity index (χ4n) is 2.15. The van der Waals surface area contributed by atoms with Crippen molar-refractivity contribution in [2.45, 2.75) is 6.92 Å². The third kappa shape index (κ3) is 1.80. The Bertz CT molecular complexity index is 657. The molecule has 1 heterocycles. The summed E-state index contributed by atoms with van der Waals surface area (Å²) >= 11 is 0. The topological polar surface area (TPSA) is 12.9 Å². The highest BCUT2D eigenvalue weighted by molar-refractivity contribution is 5.94. The number of aromatic nitrogens is 1. The first kappa shape index (κ1) is 10.0. The molecule has 0 N–H and O–H groups in total. The molecule has 17 heavy (non-hydrogen) atoms. The van der Waals surface area contributed by atoms with Gasteiger partial charge in [0.25, 0.3) is 0 Å². The van der Waals surface area contributed by atoms with E-state index in [0.717, 1.165) is 11.4 Å². The van der Waals surface area contributed by atoms with Gasteiger partial charge in [0.05, 0.1) is 5.69 Å². The molecule has 0 saturated carbocycles. The van der Waals surface area contributed by atoms with E-state index in [1.54, 1.807) is 0 Å². The SMILES string of the molecule is Cc1cc2ccccc2c(-c2ccccc2)n1. The van der Waals surface area contributed by atoms with Crippen molar-refractivity contribution in [3.05, 3.63) is 66.4 Å². The van der Waals surface area contributed by atoms with Crippen molar-refractivity contribution < 1.29 is 0 Å². The van der Waals surface area contributed by atoms with E-state index in [0.29, 0.717) is 0 Å². The first-order valence-electron chi connectivity index (χ1n) is 5.76. The molecule has 3 rings (SSSR count). The lowest BCUT2D eigenvalue weighted by Gasteiger charge is -2.07. The van der Waals surface area contributed by atoms with Crippen LogP contribution in [0, 0.1) is 6.92 Å². The molecule has 1 heteroatoms. The highest BCUT2D eigenvalue weighted by Gasteiger charge is 2.05. The predicted molar refractivity (Wildman–Crippen MR) is 71.9 cm³/mol. The third-order valence-electron chi connectivity index (χ3n) is 2.92. The molecule has 0 radical (unpaired) electrons. The highest BCUT2D eigenvalue weighted by Crippen LogP contribution is 2.26. The third-order valence-corrected chi connectivity index (χ3v) is 2.92. The van der Waals surface area contributed by atoms with Gasteiger partial charge in [0.15, 0.2) is 0 Å². The molecule has 2 aromatic carbocycles. The van der Waals surface area contributed by atoms with E-state index in [4.69, 9.17) is 0 Å². The van der Waals surface area contributed by atoms with Crippen molar-refractivity contribution in [3.63, 3.8) is 0 Å². The Morgan fingerprint density at radius 1 is 0.824 bits per heavy atom. The minimum Gasteiger partial charge on any atom is -0.252 e. The quantitative estimate of drug-likeness (QED) is 0.597. The minimum atomic E-state index is 1.06. The van der Waals surface area contributed by atoms with Crippen molar-refractivity contribution in [2.24, 2.45) is 0 Å².